The van der Waals surface area contributed by atoms with Crippen LogP contribution in [0, 0.1) is 0 Å². The van der Waals surface area contributed by atoms with Gasteiger partial charge in [-0.2, -0.15) is 5.10 Å². The molecular formula is C34H32N6O5S2. The van der Waals surface area contributed by atoms with Crippen molar-refractivity contribution in [3.63, 3.8) is 0 Å². The first kappa shape index (κ1) is 31.8. The molecule has 11 nitrogen and oxygen atoms in total. The number of methoxy groups -OCH3 is 3. The largest absolute Gasteiger partial charge is 0.497 e. The van der Waals surface area contributed by atoms with E-state index in [0.29, 0.717) is 40.2 Å². The highest BCUT2D eigenvalue weighted by Crippen LogP contribution is 2.42. The average molecular weight is 669 g/mol. The summed E-state index contributed by atoms with van der Waals surface area (Å²) in [5.74, 6) is 1.82. The summed E-state index contributed by atoms with van der Waals surface area (Å²) in [5, 5.41) is 20.6. The van der Waals surface area contributed by atoms with Crippen LogP contribution >= 0.6 is 23.1 Å². The maximum Gasteiger partial charge on any atom is 0.253 e. The molecule has 2 aromatic heterocycles. The Hall–Kier alpha value is -5.14. The lowest BCUT2D eigenvalue weighted by Gasteiger charge is -2.24. The number of thioether (sulfide) groups is 1. The van der Waals surface area contributed by atoms with Crippen molar-refractivity contribution in [1.29, 1.82) is 0 Å². The van der Waals surface area contributed by atoms with Crippen LogP contribution in [0.15, 0.2) is 101 Å². The van der Waals surface area contributed by atoms with Gasteiger partial charge in [0.15, 0.2) is 22.5 Å². The van der Waals surface area contributed by atoms with Gasteiger partial charge >= 0.3 is 0 Å². The Morgan fingerprint density at radius 3 is 2.51 bits per heavy atom. The Morgan fingerprint density at radius 1 is 0.936 bits per heavy atom. The molecule has 0 saturated carbocycles. The highest BCUT2D eigenvalue weighted by atomic mass is 32.2. The Bertz CT molecular complexity index is 1890. The molecule has 13 heteroatoms. The second-order valence-electron chi connectivity index (χ2n) is 10.3. The van der Waals surface area contributed by atoms with E-state index in [2.05, 4.69) is 15.5 Å². The van der Waals surface area contributed by atoms with E-state index in [1.165, 1.54) is 16.8 Å². The van der Waals surface area contributed by atoms with Crippen molar-refractivity contribution in [1.82, 2.24) is 25.1 Å². The van der Waals surface area contributed by atoms with Crippen LogP contribution in [-0.4, -0.2) is 64.4 Å². The van der Waals surface area contributed by atoms with Gasteiger partial charge in [-0.1, -0.05) is 54.2 Å². The number of hydrogen-bond donors (Lipinski definition) is 1. The first-order chi connectivity index (χ1) is 23.0. The molecular weight excluding hydrogens is 637 g/mol. The van der Waals surface area contributed by atoms with Gasteiger partial charge in [0.05, 0.1) is 50.3 Å². The van der Waals surface area contributed by atoms with Crippen LogP contribution in [-0.2, 0) is 11.3 Å². The molecule has 47 heavy (non-hydrogen) atoms. The van der Waals surface area contributed by atoms with E-state index in [1.807, 2.05) is 70.6 Å². The highest BCUT2D eigenvalue weighted by Gasteiger charge is 2.36. The molecule has 0 aliphatic carbocycles. The first-order valence-electron chi connectivity index (χ1n) is 14.7. The van der Waals surface area contributed by atoms with Crippen LogP contribution < -0.4 is 19.5 Å². The van der Waals surface area contributed by atoms with Gasteiger partial charge in [0, 0.05) is 23.2 Å². The van der Waals surface area contributed by atoms with Crippen LogP contribution in [0.2, 0.25) is 0 Å². The molecule has 0 spiro atoms. The molecule has 6 rings (SSSR count). The second kappa shape index (κ2) is 14.5. The van der Waals surface area contributed by atoms with Crippen molar-refractivity contribution >= 4 is 40.6 Å². The number of para-hydroxylation sites is 2. The summed E-state index contributed by atoms with van der Waals surface area (Å²) in [6, 6.07) is 25.7. The third kappa shape index (κ3) is 6.86. The van der Waals surface area contributed by atoms with Gasteiger partial charge in [-0.05, 0) is 47.8 Å². The fourth-order valence-corrected chi connectivity index (χ4v) is 6.86. The zero-order chi connectivity index (χ0) is 32.8. The quantitative estimate of drug-likeness (QED) is 0.167. The molecule has 2 amide bonds. The smallest absolute Gasteiger partial charge is 0.253 e. The number of carbonyl (C=O) groups excluding carboxylic acids is 2. The van der Waals surface area contributed by atoms with Gasteiger partial charge < -0.3 is 19.5 Å². The molecule has 3 heterocycles. The minimum atomic E-state index is -0.389. The number of carbonyl (C=O) groups is 2. The molecule has 0 bridgehead atoms. The molecule has 5 aromatic rings. The predicted octanol–water partition coefficient (Wildman–Crippen LogP) is 5.75. The summed E-state index contributed by atoms with van der Waals surface area (Å²) in [4.78, 5) is 27.9. The van der Waals surface area contributed by atoms with Crippen LogP contribution in [0.3, 0.4) is 0 Å². The third-order valence-electron chi connectivity index (χ3n) is 7.54. The molecule has 1 atom stereocenters. The van der Waals surface area contributed by atoms with Gasteiger partial charge in [0.25, 0.3) is 11.8 Å². The number of nitrogens with zero attached hydrogens (tertiary/aromatic N) is 5. The topological polar surface area (TPSA) is 120 Å². The van der Waals surface area contributed by atoms with Crippen LogP contribution in [0.5, 0.6) is 17.2 Å². The van der Waals surface area contributed by atoms with Crippen LogP contribution in [0.4, 0.5) is 0 Å². The molecule has 240 valence electrons. The zero-order valence-corrected chi connectivity index (χ0v) is 27.6. The Balaban J connectivity index is 1.25. The lowest BCUT2D eigenvalue weighted by Crippen LogP contribution is -2.29. The molecule has 1 aliphatic rings. The number of hydrogen-bond acceptors (Lipinski definition) is 10. The van der Waals surface area contributed by atoms with Gasteiger partial charge in [-0.15, -0.1) is 21.5 Å². The Morgan fingerprint density at radius 2 is 1.77 bits per heavy atom. The van der Waals surface area contributed by atoms with E-state index in [-0.39, 0.29) is 30.2 Å². The third-order valence-corrected chi connectivity index (χ3v) is 9.37. The first-order valence-corrected chi connectivity index (χ1v) is 16.6. The monoisotopic (exact) mass is 668 g/mol. The molecule has 1 unspecified atom stereocenters. The van der Waals surface area contributed by atoms with Crippen molar-refractivity contribution in [2.45, 2.75) is 24.2 Å². The molecule has 0 fully saturated rings. The fraction of sp³-hybridized carbons (Fsp3) is 0.206. The van der Waals surface area contributed by atoms with Crippen molar-refractivity contribution in [3.8, 4) is 22.9 Å². The average Bonchev–Trinajstić information content (AvgIpc) is 3.90. The summed E-state index contributed by atoms with van der Waals surface area (Å²) in [6.45, 7) is 0.116. The van der Waals surface area contributed by atoms with Gasteiger partial charge in [0.1, 0.15) is 5.75 Å². The fourth-order valence-electron chi connectivity index (χ4n) is 5.31. The van der Waals surface area contributed by atoms with E-state index in [0.717, 1.165) is 21.8 Å². The Labute approximate surface area is 280 Å². The number of hydrazone groups is 1. The second-order valence-corrected chi connectivity index (χ2v) is 12.2. The number of aromatic nitrogens is 3. The molecule has 3 aromatic carbocycles. The molecule has 0 saturated heterocycles. The van der Waals surface area contributed by atoms with Gasteiger partial charge in [-0.3, -0.25) is 14.2 Å². The summed E-state index contributed by atoms with van der Waals surface area (Å²) >= 11 is 2.83. The van der Waals surface area contributed by atoms with Gasteiger partial charge in [-0.25, -0.2) is 5.01 Å². The van der Waals surface area contributed by atoms with Crippen molar-refractivity contribution < 1.29 is 23.8 Å². The molecule has 0 radical (unpaired) electrons. The van der Waals surface area contributed by atoms with E-state index in [4.69, 9.17) is 19.3 Å². The van der Waals surface area contributed by atoms with E-state index in [9.17, 15) is 9.59 Å². The van der Waals surface area contributed by atoms with Crippen molar-refractivity contribution in [2.24, 2.45) is 5.10 Å². The lowest BCUT2D eigenvalue weighted by molar-refractivity contribution is -0.130. The minimum absolute atomic E-state index is 0.0468. The van der Waals surface area contributed by atoms with E-state index >= 15 is 0 Å². The normalized spacial score (nSPS) is 14.1. The maximum atomic E-state index is 14.0. The highest BCUT2D eigenvalue weighted by molar-refractivity contribution is 7.99. The van der Waals surface area contributed by atoms with E-state index in [1.54, 1.807) is 56.9 Å². The molecule has 1 N–H and O–H groups in total. The van der Waals surface area contributed by atoms with Crippen molar-refractivity contribution in [3.05, 3.63) is 112 Å². The van der Waals surface area contributed by atoms with Crippen LogP contribution in [0.25, 0.3) is 5.69 Å². The number of benzene rings is 3. The summed E-state index contributed by atoms with van der Waals surface area (Å²) < 4.78 is 18.4. The van der Waals surface area contributed by atoms with E-state index < -0.39 is 0 Å². The minimum Gasteiger partial charge on any atom is -0.497 e. The number of ether oxygens (including phenoxy) is 3. The summed E-state index contributed by atoms with van der Waals surface area (Å²) in [6.07, 6.45) is 0.526. The van der Waals surface area contributed by atoms with Crippen molar-refractivity contribution in [2.75, 3.05) is 27.1 Å². The molecule has 1 aliphatic heterocycles. The summed E-state index contributed by atoms with van der Waals surface area (Å²) in [5.41, 5.74) is 2.90. The Kier molecular flexibility index (Phi) is 9.83. The predicted molar refractivity (Wildman–Crippen MR) is 181 cm³/mol. The van der Waals surface area contributed by atoms with Gasteiger partial charge in [0.2, 0.25) is 0 Å². The lowest BCUT2D eigenvalue weighted by atomic mass is 9.99. The number of thiophene rings is 1. The standard InChI is InChI=1S/C34H32N6O5S2/c1-43-24-13-7-10-22(18-24)33(42)35-20-30-36-37-34(39(30)23-11-5-4-6-12-23)47-21-31(41)40-27(19-26(38-40)29-16-9-17-46-29)25-14-8-15-28(44-2)32(25)45-3/h4-18,27H,19-21H2,1-3H3,(H,35,42). The van der Waals surface area contributed by atoms with Crippen LogP contribution in [0.1, 0.15) is 39.1 Å². The summed E-state index contributed by atoms with van der Waals surface area (Å²) in [7, 11) is 4.73. The number of amides is 2. The zero-order valence-electron chi connectivity index (χ0n) is 26.0. The maximum absolute atomic E-state index is 14.0. The SMILES string of the molecule is COc1cccc(C(=O)NCc2nnc(SCC(=O)N3N=C(c4cccs4)CC3c3cccc(OC)c3OC)n2-c2ccccc2)c1. The number of rotatable bonds is 12. The number of nitrogens with one attached hydrogen (secondary N) is 1.